The van der Waals surface area contributed by atoms with Crippen LogP contribution >= 0.6 is 11.6 Å². The average molecular weight is 375 g/mol. The normalized spacial score (nSPS) is 13.0. The van der Waals surface area contributed by atoms with Gasteiger partial charge in [-0.1, -0.05) is 17.7 Å². The lowest BCUT2D eigenvalue weighted by Gasteiger charge is -2.13. The van der Waals surface area contributed by atoms with Gasteiger partial charge in [0, 0.05) is 29.3 Å². The van der Waals surface area contributed by atoms with Gasteiger partial charge in [0.2, 0.25) is 5.91 Å². The number of carbonyl (C=O) groups excluding carboxylic acids is 2. The first-order valence-electron chi connectivity index (χ1n) is 8.15. The molecule has 3 rings (SSSR count). The highest BCUT2D eigenvalue weighted by molar-refractivity contribution is 6.32. The Balaban J connectivity index is 1.78. The van der Waals surface area contributed by atoms with Crippen molar-refractivity contribution in [2.45, 2.75) is 12.8 Å². The van der Waals surface area contributed by atoms with Crippen molar-refractivity contribution in [3.8, 4) is 11.5 Å². The largest absolute Gasteiger partial charge is 0.495 e. The molecule has 6 nitrogen and oxygen atoms in total. The van der Waals surface area contributed by atoms with Gasteiger partial charge in [0.25, 0.3) is 5.91 Å². The van der Waals surface area contributed by atoms with E-state index in [-0.39, 0.29) is 17.7 Å². The van der Waals surface area contributed by atoms with E-state index >= 15 is 0 Å². The SMILES string of the molecule is COc1cc(NC(=O)c2cccc(NC(=O)C3CC3)c2)c(OC)cc1Cl. The minimum absolute atomic E-state index is 0.00772. The van der Waals surface area contributed by atoms with Gasteiger partial charge < -0.3 is 20.1 Å². The summed E-state index contributed by atoms with van der Waals surface area (Å²) in [6.45, 7) is 0. The number of halogens is 1. The number of hydrogen-bond acceptors (Lipinski definition) is 4. The lowest BCUT2D eigenvalue weighted by Crippen LogP contribution is -2.15. The fourth-order valence-corrected chi connectivity index (χ4v) is 2.71. The number of ether oxygens (including phenoxy) is 2. The van der Waals surface area contributed by atoms with Crippen molar-refractivity contribution < 1.29 is 19.1 Å². The predicted molar refractivity (Wildman–Crippen MR) is 100 cm³/mol. The minimum atomic E-state index is -0.338. The lowest BCUT2D eigenvalue weighted by molar-refractivity contribution is -0.117. The fourth-order valence-electron chi connectivity index (χ4n) is 2.48. The molecule has 1 aliphatic carbocycles. The second-order valence-electron chi connectivity index (χ2n) is 5.99. The maximum Gasteiger partial charge on any atom is 0.255 e. The summed E-state index contributed by atoms with van der Waals surface area (Å²) in [5.41, 5.74) is 1.44. The van der Waals surface area contributed by atoms with Crippen LogP contribution in [-0.4, -0.2) is 26.0 Å². The zero-order valence-electron chi connectivity index (χ0n) is 14.5. The molecule has 7 heteroatoms. The molecule has 136 valence electrons. The van der Waals surface area contributed by atoms with Crippen LogP contribution in [0.3, 0.4) is 0 Å². The Morgan fingerprint density at radius 2 is 1.77 bits per heavy atom. The van der Waals surface area contributed by atoms with Crippen LogP contribution < -0.4 is 20.1 Å². The van der Waals surface area contributed by atoms with Gasteiger partial charge in [-0.15, -0.1) is 0 Å². The molecular formula is C19H19ClN2O4. The molecule has 0 aliphatic heterocycles. The fraction of sp³-hybridized carbons (Fsp3) is 0.263. The van der Waals surface area contributed by atoms with Crippen LogP contribution in [0.25, 0.3) is 0 Å². The maximum atomic E-state index is 12.6. The third kappa shape index (κ3) is 4.08. The van der Waals surface area contributed by atoms with Crippen LogP contribution in [0.2, 0.25) is 5.02 Å². The number of nitrogens with one attached hydrogen (secondary N) is 2. The Morgan fingerprint density at radius 3 is 2.42 bits per heavy atom. The van der Waals surface area contributed by atoms with Crippen molar-refractivity contribution in [2.24, 2.45) is 5.92 Å². The third-order valence-electron chi connectivity index (χ3n) is 4.06. The molecule has 0 heterocycles. The zero-order valence-corrected chi connectivity index (χ0v) is 15.2. The molecule has 2 N–H and O–H groups in total. The zero-order chi connectivity index (χ0) is 18.7. The van der Waals surface area contributed by atoms with E-state index in [0.29, 0.717) is 33.5 Å². The summed E-state index contributed by atoms with van der Waals surface area (Å²) >= 11 is 6.08. The topological polar surface area (TPSA) is 76.7 Å². The van der Waals surface area contributed by atoms with E-state index in [9.17, 15) is 9.59 Å². The van der Waals surface area contributed by atoms with Gasteiger partial charge in [0.1, 0.15) is 11.5 Å². The molecule has 1 aliphatic rings. The van der Waals surface area contributed by atoms with Crippen molar-refractivity contribution in [1.82, 2.24) is 0 Å². The number of amides is 2. The summed E-state index contributed by atoms with van der Waals surface area (Å²) in [7, 11) is 2.98. The Bertz CT molecular complexity index is 849. The van der Waals surface area contributed by atoms with Gasteiger partial charge in [-0.3, -0.25) is 9.59 Å². The van der Waals surface area contributed by atoms with Crippen LogP contribution in [0.1, 0.15) is 23.2 Å². The molecule has 0 saturated heterocycles. The molecule has 26 heavy (non-hydrogen) atoms. The van der Waals surface area contributed by atoms with E-state index in [1.165, 1.54) is 14.2 Å². The summed E-state index contributed by atoms with van der Waals surface area (Å²) < 4.78 is 10.4. The molecule has 0 atom stereocenters. The minimum Gasteiger partial charge on any atom is -0.495 e. The predicted octanol–water partition coefficient (Wildman–Crippen LogP) is 3.96. The Labute approximate surface area is 156 Å². The van der Waals surface area contributed by atoms with E-state index in [2.05, 4.69) is 10.6 Å². The van der Waals surface area contributed by atoms with Crippen molar-refractivity contribution in [3.05, 3.63) is 47.0 Å². The summed E-state index contributed by atoms with van der Waals surface area (Å²) in [6, 6.07) is 9.94. The first-order chi connectivity index (χ1) is 12.5. The van der Waals surface area contributed by atoms with Crippen LogP contribution in [0, 0.1) is 5.92 Å². The van der Waals surface area contributed by atoms with Crippen molar-refractivity contribution >= 4 is 34.8 Å². The molecular weight excluding hydrogens is 356 g/mol. The number of anilines is 2. The van der Waals surface area contributed by atoms with Crippen molar-refractivity contribution in [1.29, 1.82) is 0 Å². The Kier molecular flexibility index (Phi) is 5.32. The summed E-state index contributed by atoms with van der Waals surface area (Å²) in [6.07, 6.45) is 1.84. The smallest absolute Gasteiger partial charge is 0.255 e. The number of carbonyl (C=O) groups is 2. The van der Waals surface area contributed by atoms with Gasteiger partial charge in [0.15, 0.2) is 0 Å². The first kappa shape index (κ1) is 18.1. The molecule has 0 radical (unpaired) electrons. The van der Waals surface area contributed by atoms with E-state index < -0.39 is 0 Å². The molecule has 0 spiro atoms. The van der Waals surface area contributed by atoms with E-state index in [1.807, 2.05) is 0 Å². The van der Waals surface area contributed by atoms with Gasteiger partial charge in [0.05, 0.1) is 24.9 Å². The quantitative estimate of drug-likeness (QED) is 0.802. The number of benzene rings is 2. The van der Waals surface area contributed by atoms with E-state index in [4.69, 9.17) is 21.1 Å². The van der Waals surface area contributed by atoms with Crippen molar-refractivity contribution in [3.63, 3.8) is 0 Å². The standard InChI is InChI=1S/C19H19ClN2O4/c1-25-16-10-15(17(26-2)9-14(16)20)22-19(24)12-4-3-5-13(8-12)21-18(23)11-6-7-11/h3-5,8-11H,6-7H2,1-2H3,(H,21,23)(H,22,24). The molecule has 0 unspecified atom stereocenters. The number of hydrogen-bond donors (Lipinski definition) is 2. The van der Waals surface area contributed by atoms with Crippen LogP contribution in [0.5, 0.6) is 11.5 Å². The first-order valence-corrected chi connectivity index (χ1v) is 8.53. The van der Waals surface area contributed by atoms with E-state index in [0.717, 1.165) is 12.8 Å². The van der Waals surface area contributed by atoms with Crippen LogP contribution in [0.15, 0.2) is 36.4 Å². The molecule has 0 bridgehead atoms. The van der Waals surface area contributed by atoms with Crippen LogP contribution in [0.4, 0.5) is 11.4 Å². The lowest BCUT2D eigenvalue weighted by atomic mass is 10.1. The van der Waals surface area contributed by atoms with Gasteiger partial charge in [-0.2, -0.15) is 0 Å². The van der Waals surface area contributed by atoms with E-state index in [1.54, 1.807) is 36.4 Å². The second-order valence-corrected chi connectivity index (χ2v) is 6.39. The van der Waals surface area contributed by atoms with Gasteiger partial charge in [-0.25, -0.2) is 0 Å². The summed E-state index contributed by atoms with van der Waals surface area (Å²) in [5.74, 6) is 0.593. The molecule has 0 aromatic heterocycles. The Morgan fingerprint density at radius 1 is 1.04 bits per heavy atom. The molecule has 1 saturated carbocycles. The monoisotopic (exact) mass is 374 g/mol. The highest BCUT2D eigenvalue weighted by Crippen LogP contribution is 2.36. The molecule has 1 fully saturated rings. The Hall–Kier alpha value is -2.73. The third-order valence-corrected chi connectivity index (χ3v) is 4.36. The maximum absolute atomic E-state index is 12.6. The number of methoxy groups -OCH3 is 2. The molecule has 2 aromatic carbocycles. The average Bonchev–Trinajstić information content (AvgIpc) is 3.48. The highest BCUT2D eigenvalue weighted by Gasteiger charge is 2.29. The summed E-state index contributed by atoms with van der Waals surface area (Å²) in [5, 5.41) is 5.99. The van der Waals surface area contributed by atoms with Gasteiger partial charge in [-0.05, 0) is 31.0 Å². The van der Waals surface area contributed by atoms with Gasteiger partial charge >= 0.3 is 0 Å². The molecule has 2 aromatic rings. The van der Waals surface area contributed by atoms with Crippen molar-refractivity contribution in [2.75, 3.05) is 24.9 Å². The second kappa shape index (κ2) is 7.66. The number of rotatable bonds is 6. The molecule has 2 amide bonds. The highest BCUT2D eigenvalue weighted by atomic mass is 35.5. The summed E-state index contributed by atoms with van der Waals surface area (Å²) in [4.78, 5) is 24.5. The van der Waals surface area contributed by atoms with Crippen LogP contribution in [-0.2, 0) is 4.79 Å².